The van der Waals surface area contributed by atoms with E-state index in [4.69, 9.17) is 5.11 Å². The first-order chi connectivity index (χ1) is 5.76. The fraction of sp³-hybridized carbons (Fsp3) is 0.889. The molecule has 68 valence electrons. The van der Waals surface area contributed by atoms with Gasteiger partial charge in [-0.1, -0.05) is 0 Å². The van der Waals surface area contributed by atoms with Crippen LogP contribution >= 0.6 is 0 Å². The highest BCUT2D eigenvalue weighted by molar-refractivity contribution is 5.78. The van der Waals surface area contributed by atoms with Crippen LogP contribution in [0.1, 0.15) is 25.7 Å². The van der Waals surface area contributed by atoms with Crippen molar-refractivity contribution in [1.29, 1.82) is 0 Å². The van der Waals surface area contributed by atoms with Gasteiger partial charge < -0.3 is 10.4 Å². The van der Waals surface area contributed by atoms with Gasteiger partial charge in [0.1, 0.15) is 0 Å². The van der Waals surface area contributed by atoms with E-state index >= 15 is 0 Å². The molecule has 0 aromatic rings. The van der Waals surface area contributed by atoms with Crippen LogP contribution in [-0.2, 0) is 4.79 Å². The molecule has 2 fully saturated rings. The summed E-state index contributed by atoms with van der Waals surface area (Å²) in [5.41, 5.74) is -0.326. The maximum absolute atomic E-state index is 11.0. The van der Waals surface area contributed by atoms with Crippen LogP contribution in [0.15, 0.2) is 0 Å². The lowest BCUT2D eigenvalue weighted by molar-refractivity contribution is -0.146. The van der Waals surface area contributed by atoms with E-state index < -0.39 is 5.97 Å². The topological polar surface area (TPSA) is 49.3 Å². The normalized spacial score (nSPS) is 32.8. The molecule has 2 N–H and O–H groups in total. The first-order valence-corrected chi connectivity index (χ1v) is 4.70. The molecule has 1 aliphatic heterocycles. The second-order valence-corrected chi connectivity index (χ2v) is 4.00. The Morgan fingerprint density at radius 2 is 2.25 bits per heavy atom. The van der Waals surface area contributed by atoms with Crippen LogP contribution in [0.3, 0.4) is 0 Å². The van der Waals surface area contributed by atoms with Crippen molar-refractivity contribution >= 4 is 5.97 Å². The Hall–Kier alpha value is -0.570. The second-order valence-electron chi connectivity index (χ2n) is 4.00. The van der Waals surface area contributed by atoms with Crippen LogP contribution < -0.4 is 5.32 Å². The van der Waals surface area contributed by atoms with E-state index in [0.717, 1.165) is 38.8 Å². The summed E-state index contributed by atoms with van der Waals surface area (Å²) in [6.45, 7) is 1.97. The van der Waals surface area contributed by atoms with Crippen molar-refractivity contribution in [2.45, 2.75) is 25.7 Å². The van der Waals surface area contributed by atoms with E-state index in [1.54, 1.807) is 0 Å². The number of rotatable bonds is 2. The van der Waals surface area contributed by atoms with Gasteiger partial charge in [-0.05, 0) is 44.7 Å². The Kier molecular flexibility index (Phi) is 1.83. The van der Waals surface area contributed by atoms with Gasteiger partial charge >= 0.3 is 5.97 Å². The molecule has 1 atom stereocenters. The van der Waals surface area contributed by atoms with Gasteiger partial charge in [0.05, 0.1) is 5.41 Å². The van der Waals surface area contributed by atoms with Crippen molar-refractivity contribution in [3.63, 3.8) is 0 Å². The van der Waals surface area contributed by atoms with Crippen molar-refractivity contribution < 1.29 is 9.90 Å². The zero-order valence-corrected chi connectivity index (χ0v) is 7.18. The number of carboxylic acids is 1. The fourth-order valence-corrected chi connectivity index (χ4v) is 2.25. The first kappa shape index (κ1) is 8.05. The van der Waals surface area contributed by atoms with Crippen LogP contribution in [-0.4, -0.2) is 24.2 Å². The summed E-state index contributed by atoms with van der Waals surface area (Å²) in [7, 11) is 0. The lowest BCUT2D eigenvalue weighted by atomic mass is 9.83. The van der Waals surface area contributed by atoms with E-state index in [1.165, 1.54) is 0 Å². The fourth-order valence-electron chi connectivity index (χ4n) is 2.25. The molecule has 12 heavy (non-hydrogen) atoms. The Bertz CT molecular complexity index is 193. The van der Waals surface area contributed by atoms with Crippen molar-refractivity contribution in [3.8, 4) is 0 Å². The van der Waals surface area contributed by atoms with Crippen molar-refractivity contribution in [1.82, 2.24) is 5.32 Å². The van der Waals surface area contributed by atoms with Crippen LogP contribution in [0, 0.1) is 11.3 Å². The molecular weight excluding hydrogens is 154 g/mol. The highest BCUT2D eigenvalue weighted by Gasteiger charge is 2.55. The molecule has 0 aromatic carbocycles. The largest absolute Gasteiger partial charge is 0.481 e. The number of piperidine rings is 1. The van der Waals surface area contributed by atoms with E-state index in [1.807, 2.05) is 0 Å². The Morgan fingerprint density at radius 3 is 2.67 bits per heavy atom. The number of carboxylic acid groups (broad SMARTS) is 1. The summed E-state index contributed by atoms with van der Waals surface area (Å²) < 4.78 is 0. The molecule has 3 nitrogen and oxygen atoms in total. The zero-order valence-electron chi connectivity index (χ0n) is 7.18. The van der Waals surface area contributed by atoms with Gasteiger partial charge in [0.15, 0.2) is 0 Å². The van der Waals surface area contributed by atoms with Crippen LogP contribution in [0.5, 0.6) is 0 Å². The summed E-state index contributed by atoms with van der Waals surface area (Å²) in [6, 6.07) is 0. The van der Waals surface area contributed by atoms with Crippen LogP contribution in [0.4, 0.5) is 0 Å². The molecule has 3 heteroatoms. The molecule has 2 aliphatic rings. The average Bonchev–Trinajstić information content (AvgIpc) is 2.86. The summed E-state index contributed by atoms with van der Waals surface area (Å²) in [4.78, 5) is 11.0. The van der Waals surface area contributed by atoms with E-state index in [0.29, 0.717) is 5.92 Å². The molecule has 0 radical (unpaired) electrons. The van der Waals surface area contributed by atoms with Gasteiger partial charge in [-0.15, -0.1) is 0 Å². The minimum Gasteiger partial charge on any atom is -0.481 e. The first-order valence-electron chi connectivity index (χ1n) is 4.70. The zero-order chi connectivity index (χ0) is 8.60. The lowest BCUT2D eigenvalue weighted by Gasteiger charge is -2.27. The Balaban J connectivity index is 2.02. The molecule has 1 saturated heterocycles. The third-order valence-electron chi connectivity index (χ3n) is 3.29. The smallest absolute Gasteiger partial charge is 0.309 e. The molecule has 1 saturated carbocycles. The predicted molar refractivity (Wildman–Crippen MR) is 44.9 cm³/mol. The van der Waals surface area contributed by atoms with Gasteiger partial charge in [-0.25, -0.2) is 0 Å². The number of aliphatic carboxylic acids is 1. The molecule has 0 spiro atoms. The third-order valence-corrected chi connectivity index (χ3v) is 3.29. The summed E-state index contributed by atoms with van der Waals surface area (Å²) in [5, 5.41) is 12.3. The van der Waals surface area contributed by atoms with E-state index in [2.05, 4.69) is 5.32 Å². The Morgan fingerprint density at radius 1 is 1.50 bits per heavy atom. The van der Waals surface area contributed by atoms with Gasteiger partial charge in [-0.2, -0.15) is 0 Å². The quantitative estimate of drug-likeness (QED) is 0.644. The molecule has 1 unspecified atom stereocenters. The van der Waals surface area contributed by atoms with Gasteiger partial charge in [0, 0.05) is 0 Å². The van der Waals surface area contributed by atoms with Crippen molar-refractivity contribution in [2.24, 2.45) is 11.3 Å². The molecule has 2 rings (SSSR count). The number of hydrogen-bond acceptors (Lipinski definition) is 2. The molecular formula is C9H15NO2. The van der Waals surface area contributed by atoms with Crippen molar-refractivity contribution in [2.75, 3.05) is 13.1 Å². The molecule has 1 aliphatic carbocycles. The number of carbonyl (C=O) groups is 1. The SMILES string of the molecule is O=C(O)C1(C2CCCNC2)CC1. The second kappa shape index (κ2) is 2.73. The summed E-state index contributed by atoms with van der Waals surface area (Å²) >= 11 is 0. The van der Waals surface area contributed by atoms with E-state index in [-0.39, 0.29) is 5.41 Å². The maximum Gasteiger partial charge on any atom is 0.309 e. The average molecular weight is 169 g/mol. The van der Waals surface area contributed by atoms with Gasteiger partial charge in [-0.3, -0.25) is 4.79 Å². The van der Waals surface area contributed by atoms with Gasteiger partial charge in [0.25, 0.3) is 0 Å². The highest BCUT2D eigenvalue weighted by atomic mass is 16.4. The minimum absolute atomic E-state index is 0.326. The van der Waals surface area contributed by atoms with E-state index in [9.17, 15) is 4.79 Å². The number of nitrogens with one attached hydrogen (secondary N) is 1. The maximum atomic E-state index is 11.0. The Labute approximate surface area is 72.2 Å². The molecule has 1 heterocycles. The summed E-state index contributed by atoms with van der Waals surface area (Å²) in [6.07, 6.45) is 4.03. The standard InChI is InChI=1S/C9H15NO2/c11-8(12)9(3-4-9)7-2-1-5-10-6-7/h7,10H,1-6H2,(H,11,12). The molecule has 0 bridgehead atoms. The minimum atomic E-state index is -0.573. The van der Waals surface area contributed by atoms with Crippen LogP contribution in [0.2, 0.25) is 0 Å². The highest BCUT2D eigenvalue weighted by Crippen LogP contribution is 2.53. The van der Waals surface area contributed by atoms with Crippen molar-refractivity contribution in [3.05, 3.63) is 0 Å². The van der Waals surface area contributed by atoms with Crippen LogP contribution in [0.25, 0.3) is 0 Å². The molecule has 0 amide bonds. The monoisotopic (exact) mass is 169 g/mol. The third kappa shape index (κ3) is 1.12. The summed E-state index contributed by atoms with van der Waals surface area (Å²) in [5.74, 6) is -0.181. The van der Waals surface area contributed by atoms with Gasteiger partial charge in [0.2, 0.25) is 0 Å². The predicted octanol–water partition coefficient (Wildman–Crippen LogP) is 0.851. The number of hydrogen-bond donors (Lipinski definition) is 2. The lowest BCUT2D eigenvalue weighted by Crippen LogP contribution is -2.38. The molecule has 0 aromatic heterocycles.